The lowest BCUT2D eigenvalue weighted by Gasteiger charge is -2.11. The number of rotatable bonds is 6. The van der Waals surface area contributed by atoms with Crippen LogP contribution >= 0.6 is 11.6 Å². The molecule has 1 rings (SSSR count). The van der Waals surface area contributed by atoms with E-state index >= 15 is 0 Å². The van der Waals surface area contributed by atoms with Gasteiger partial charge in [0.1, 0.15) is 5.75 Å². The molecule has 0 atom stereocenters. The first-order valence-electron chi connectivity index (χ1n) is 5.93. The van der Waals surface area contributed by atoms with E-state index in [0.29, 0.717) is 22.8 Å². The van der Waals surface area contributed by atoms with Gasteiger partial charge in [0.05, 0.1) is 19.8 Å². The minimum atomic E-state index is -0.318. The quantitative estimate of drug-likeness (QED) is 0.595. The fourth-order valence-corrected chi connectivity index (χ4v) is 2.11. The Balaban J connectivity index is 2.79. The van der Waals surface area contributed by atoms with Gasteiger partial charge < -0.3 is 9.47 Å². The molecule has 0 aliphatic heterocycles. The Kier molecular flexibility index (Phi) is 5.83. The molecule has 1 aromatic rings. The second-order valence-corrected chi connectivity index (χ2v) is 4.59. The molecule has 0 spiro atoms. The SMILES string of the molecule is COC(=O)CCCC(=O)c1cc(Cl)cc(C)c1OC. The van der Waals surface area contributed by atoms with E-state index in [2.05, 4.69) is 4.74 Å². The fraction of sp³-hybridized carbons (Fsp3) is 0.429. The first-order valence-corrected chi connectivity index (χ1v) is 6.31. The first-order chi connectivity index (χ1) is 8.99. The highest BCUT2D eigenvalue weighted by atomic mass is 35.5. The van der Waals surface area contributed by atoms with Crippen molar-refractivity contribution in [2.75, 3.05) is 14.2 Å². The van der Waals surface area contributed by atoms with Crippen LogP contribution < -0.4 is 4.74 Å². The predicted octanol–water partition coefficient (Wildman–Crippen LogP) is 3.18. The van der Waals surface area contributed by atoms with Gasteiger partial charge in [0.15, 0.2) is 5.78 Å². The van der Waals surface area contributed by atoms with Crippen LogP contribution in [0.2, 0.25) is 5.02 Å². The summed E-state index contributed by atoms with van der Waals surface area (Å²) in [6.45, 7) is 1.83. The van der Waals surface area contributed by atoms with E-state index in [1.165, 1.54) is 14.2 Å². The summed E-state index contributed by atoms with van der Waals surface area (Å²) < 4.78 is 9.75. The molecular formula is C14H17ClO4. The lowest BCUT2D eigenvalue weighted by Crippen LogP contribution is -2.06. The summed E-state index contributed by atoms with van der Waals surface area (Å²) >= 11 is 5.95. The molecule has 0 fully saturated rings. The average molecular weight is 285 g/mol. The number of halogens is 1. The van der Waals surface area contributed by atoms with Gasteiger partial charge in [0.25, 0.3) is 0 Å². The molecule has 0 N–H and O–H groups in total. The molecule has 0 unspecified atom stereocenters. The number of methoxy groups -OCH3 is 2. The Morgan fingerprint density at radius 3 is 2.47 bits per heavy atom. The van der Waals surface area contributed by atoms with Crippen LogP contribution in [-0.2, 0) is 9.53 Å². The van der Waals surface area contributed by atoms with E-state index in [-0.39, 0.29) is 24.6 Å². The third-order valence-electron chi connectivity index (χ3n) is 2.76. The molecule has 104 valence electrons. The maximum absolute atomic E-state index is 12.1. The average Bonchev–Trinajstić information content (AvgIpc) is 2.37. The molecule has 5 heteroatoms. The molecule has 0 aliphatic carbocycles. The van der Waals surface area contributed by atoms with Gasteiger partial charge in [-0.15, -0.1) is 0 Å². The molecule has 0 heterocycles. The predicted molar refractivity (Wildman–Crippen MR) is 72.9 cm³/mol. The third-order valence-corrected chi connectivity index (χ3v) is 2.97. The molecule has 0 aliphatic rings. The maximum atomic E-state index is 12.1. The Bertz CT molecular complexity index is 483. The third kappa shape index (κ3) is 4.24. The van der Waals surface area contributed by atoms with Crippen LogP contribution in [-0.4, -0.2) is 26.0 Å². The van der Waals surface area contributed by atoms with Gasteiger partial charge in [-0.3, -0.25) is 9.59 Å². The summed E-state index contributed by atoms with van der Waals surface area (Å²) in [5, 5.41) is 0.495. The molecule has 0 radical (unpaired) electrons. The van der Waals surface area contributed by atoms with Gasteiger partial charge in [-0.05, 0) is 31.0 Å². The van der Waals surface area contributed by atoms with Crippen molar-refractivity contribution in [3.05, 3.63) is 28.3 Å². The molecule has 4 nitrogen and oxygen atoms in total. The van der Waals surface area contributed by atoms with Crippen LogP contribution in [0.15, 0.2) is 12.1 Å². The number of Topliss-reactive ketones (excluding diaryl/α,β-unsaturated/α-hetero) is 1. The van der Waals surface area contributed by atoms with Crippen molar-refractivity contribution in [3.63, 3.8) is 0 Å². The number of carbonyl (C=O) groups is 2. The highest BCUT2D eigenvalue weighted by Crippen LogP contribution is 2.28. The summed E-state index contributed by atoms with van der Waals surface area (Å²) in [6, 6.07) is 3.33. The summed E-state index contributed by atoms with van der Waals surface area (Å²) in [4.78, 5) is 23.1. The monoisotopic (exact) mass is 284 g/mol. The Labute approximate surface area is 117 Å². The van der Waals surface area contributed by atoms with Crippen LogP contribution in [0.25, 0.3) is 0 Å². The molecule has 0 saturated carbocycles. The van der Waals surface area contributed by atoms with E-state index in [9.17, 15) is 9.59 Å². The Hall–Kier alpha value is -1.55. The molecule has 0 bridgehead atoms. The molecule has 0 aromatic heterocycles. The van der Waals surface area contributed by atoms with E-state index in [0.717, 1.165) is 5.56 Å². The van der Waals surface area contributed by atoms with Crippen molar-refractivity contribution in [1.29, 1.82) is 0 Å². The van der Waals surface area contributed by atoms with Gasteiger partial charge >= 0.3 is 5.97 Å². The summed E-state index contributed by atoms with van der Waals surface area (Å²) in [6.07, 6.45) is 0.926. The van der Waals surface area contributed by atoms with Gasteiger partial charge in [-0.2, -0.15) is 0 Å². The number of aryl methyl sites for hydroxylation is 1. The number of hydrogen-bond donors (Lipinski definition) is 0. The van der Waals surface area contributed by atoms with E-state index < -0.39 is 0 Å². The zero-order valence-electron chi connectivity index (χ0n) is 11.3. The standard InChI is InChI=1S/C14H17ClO4/c1-9-7-10(15)8-11(14(9)19-3)12(16)5-4-6-13(17)18-2/h7-8H,4-6H2,1-3H3. The second-order valence-electron chi connectivity index (χ2n) is 4.16. The molecule has 0 saturated heterocycles. The van der Waals surface area contributed by atoms with Crippen LogP contribution in [0.3, 0.4) is 0 Å². The summed E-state index contributed by atoms with van der Waals surface area (Å²) in [5.41, 5.74) is 1.27. The van der Waals surface area contributed by atoms with Crippen LogP contribution in [0.1, 0.15) is 35.2 Å². The van der Waals surface area contributed by atoms with Gasteiger partial charge in [0.2, 0.25) is 0 Å². The number of ether oxygens (including phenoxy) is 2. The zero-order chi connectivity index (χ0) is 14.4. The molecular weight excluding hydrogens is 268 g/mol. The fourth-order valence-electron chi connectivity index (χ4n) is 1.84. The topological polar surface area (TPSA) is 52.6 Å². The molecule has 1 aromatic carbocycles. The van der Waals surface area contributed by atoms with Crippen LogP contribution in [0.5, 0.6) is 5.75 Å². The summed E-state index contributed by atoms with van der Waals surface area (Å²) in [7, 11) is 2.84. The number of carbonyl (C=O) groups excluding carboxylic acids is 2. The smallest absolute Gasteiger partial charge is 0.305 e. The maximum Gasteiger partial charge on any atom is 0.305 e. The van der Waals surface area contributed by atoms with Gasteiger partial charge in [0, 0.05) is 17.9 Å². The highest BCUT2D eigenvalue weighted by Gasteiger charge is 2.16. The second kappa shape index (κ2) is 7.14. The van der Waals surface area contributed by atoms with E-state index in [1.807, 2.05) is 6.92 Å². The van der Waals surface area contributed by atoms with Gasteiger partial charge in [-0.25, -0.2) is 0 Å². The van der Waals surface area contributed by atoms with Crippen molar-refractivity contribution in [3.8, 4) is 5.75 Å². The van der Waals surface area contributed by atoms with Crippen molar-refractivity contribution in [1.82, 2.24) is 0 Å². The lowest BCUT2D eigenvalue weighted by atomic mass is 10.0. The number of hydrogen-bond acceptors (Lipinski definition) is 4. The number of benzene rings is 1. The van der Waals surface area contributed by atoms with Crippen molar-refractivity contribution in [2.24, 2.45) is 0 Å². The number of esters is 1. The lowest BCUT2D eigenvalue weighted by molar-refractivity contribution is -0.140. The van der Waals surface area contributed by atoms with Crippen LogP contribution in [0, 0.1) is 6.92 Å². The van der Waals surface area contributed by atoms with E-state index in [4.69, 9.17) is 16.3 Å². The largest absolute Gasteiger partial charge is 0.496 e. The minimum Gasteiger partial charge on any atom is -0.496 e. The molecule has 19 heavy (non-hydrogen) atoms. The summed E-state index contributed by atoms with van der Waals surface area (Å²) in [5.74, 6) is 0.126. The Morgan fingerprint density at radius 1 is 1.21 bits per heavy atom. The Morgan fingerprint density at radius 2 is 1.89 bits per heavy atom. The zero-order valence-corrected chi connectivity index (χ0v) is 12.0. The molecule has 0 amide bonds. The minimum absolute atomic E-state index is 0.0913. The normalized spacial score (nSPS) is 10.1. The van der Waals surface area contributed by atoms with Crippen molar-refractivity contribution in [2.45, 2.75) is 26.2 Å². The highest BCUT2D eigenvalue weighted by molar-refractivity contribution is 6.31. The first kappa shape index (κ1) is 15.5. The van der Waals surface area contributed by atoms with E-state index in [1.54, 1.807) is 12.1 Å². The van der Waals surface area contributed by atoms with Gasteiger partial charge in [-0.1, -0.05) is 11.6 Å². The number of ketones is 1. The van der Waals surface area contributed by atoms with Crippen LogP contribution in [0.4, 0.5) is 0 Å². The van der Waals surface area contributed by atoms with Crippen molar-refractivity contribution < 1.29 is 19.1 Å². The van der Waals surface area contributed by atoms with Crippen molar-refractivity contribution >= 4 is 23.4 Å².